The lowest BCUT2D eigenvalue weighted by Crippen LogP contribution is -1.95. The highest BCUT2D eigenvalue weighted by Crippen LogP contribution is 2.25. The highest BCUT2D eigenvalue weighted by atomic mass is 31.1. The molecule has 1 atom stereocenters. The van der Waals surface area contributed by atoms with Gasteiger partial charge in [0.25, 0.3) is 0 Å². The van der Waals surface area contributed by atoms with E-state index < -0.39 is 0 Å². The van der Waals surface area contributed by atoms with Gasteiger partial charge in [-0.1, -0.05) is 25.7 Å². The van der Waals surface area contributed by atoms with E-state index in [0.29, 0.717) is 0 Å². The molecule has 1 aromatic rings. The van der Waals surface area contributed by atoms with Crippen LogP contribution in [-0.2, 0) is 0 Å². The molecule has 0 spiro atoms. The quantitative estimate of drug-likeness (QED) is 0.552. The van der Waals surface area contributed by atoms with Crippen molar-refractivity contribution in [2.24, 2.45) is 0 Å². The summed E-state index contributed by atoms with van der Waals surface area (Å²) in [6, 6.07) is 8.51. The van der Waals surface area contributed by atoms with Crippen LogP contribution in [0.4, 0.5) is 5.69 Å². The summed E-state index contributed by atoms with van der Waals surface area (Å²) in [5, 5.41) is 4.78. The number of rotatable bonds is 0. The Morgan fingerprint density at radius 1 is 1.30 bits per heavy atom. The molecule has 0 fully saturated rings. The van der Waals surface area contributed by atoms with Crippen molar-refractivity contribution in [3.63, 3.8) is 0 Å². The standard InChI is InChI=1S/C8H10NP/c1-10-6-9-7-4-2-3-5-8(7)10/h2-6,9-10H,1H3. The lowest BCUT2D eigenvalue weighted by atomic mass is 10.3. The molecule has 10 heavy (non-hydrogen) atoms. The second kappa shape index (κ2) is 2.17. The summed E-state index contributed by atoms with van der Waals surface area (Å²) in [7, 11) is -0.350. The van der Waals surface area contributed by atoms with Gasteiger partial charge in [-0.05, 0) is 24.0 Å². The molecule has 1 aliphatic heterocycles. The lowest BCUT2D eigenvalue weighted by molar-refractivity contribution is 1.73. The summed E-state index contributed by atoms with van der Waals surface area (Å²) in [6.07, 6.45) is 0. The molecule has 0 saturated carbocycles. The molecular weight excluding hydrogens is 141 g/mol. The molecule has 2 rings (SSSR count). The minimum absolute atomic E-state index is 0.350. The molecule has 1 nitrogen and oxygen atoms in total. The summed E-state index contributed by atoms with van der Waals surface area (Å²) in [5.74, 6) is 2.22. The van der Waals surface area contributed by atoms with E-state index in [4.69, 9.17) is 0 Å². The van der Waals surface area contributed by atoms with Crippen LogP contribution in [0.25, 0.3) is 0 Å². The Morgan fingerprint density at radius 2 is 2.10 bits per heavy atom. The minimum Gasteiger partial charge on any atom is -0.361 e. The summed E-state index contributed by atoms with van der Waals surface area (Å²) < 4.78 is 0. The van der Waals surface area contributed by atoms with Gasteiger partial charge in [0.05, 0.1) is 0 Å². The van der Waals surface area contributed by atoms with Crippen molar-refractivity contribution < 1.29 is 0 Å². The molecule has 1 heterocycles. The van der Waals surface area contributed by atoms with Crippen LogP contribution in [0, 0.1) is 0 Å². The van der Waals surface area contributed by atoms with Gasteiger partial charge in [0.15, 0.2) is 0 Å². The first-order chi connectivity index (χ1) is 4.88. The first-order valence-corrected chi connectivity index (χ1v) is 5.48. The number of hydrogen-bond acceptors (Lipinski definition) is 1. The second-order valence-corrected chi connectivity index (χ2v) is 4.71. The molecule has 0 radical (unpaired) electrons. The maximum absolute atomic E-state index is 3.27. The third kappa shape index (κ3) is 0.783. The normalized spacial score (nSPS) is 21.1. The van der Waals surface area contributed by atoms with Crippen LogP contribution >= 0.6 is 7.55 Å². The van der Waals surface area contributed by atoms with Gasteiger partial charge in [0, 0.05) is 5.69 Å². The molecule has 0 aromatic heterocycles. The monoisotopic (exact) mass is 151 g/mol. The summed E-state index contributed by atoms with van der Waals surface area (Å²) >= 11 is 0. The highest BCUT2D eigenvalue weighted by Gasteiger charge is 2.05. The third-order valence-electron chi connectivity index (χ3n) is 1.80. The van der Waals surface area contributed by atoms with Gasteiger partial charge < -0.3 is 5.32 Å². The average Bonchev–Trinajstić information content (AvgIpc) is 2.34. The van der Waals surface area contributed by atoms with E-state index in [1.54, 1.807) is 0 Å². The minimum atomic E-state index is -0.350. The predicted molar refractivity (Wildman–Crippen MR) is 50.0 cm³/mol. The van der Waals surface area contributed by atoms with Crippen molar-refractivity contribution in [3.05, 3.63) is 24.3 Å². The molecule has 2 heteroatoms. The molecule has 1 unspecified atom stereocenters. The van der Waals surface area contributed by atoms with E-state index in [1.807, 2.05) is 0 Å². The summed E-state index contributed by atoms with van der Waals surface area (Å²) in [4.78, 5) is 0. The Bertz CT molecular complexity index is 291. The largest absolute Gasteiger partial charge is 0.361 e. The topological polar surface area (TPSA) is 12.0 Å². The second-order valence-electron chi connectivity index (χ2n) is 2.52. The van der Waals surface area contributed by atoms with Crippen LogP contribution in [-0.4, -0.2) is 12.6 Å². The fraction of sp³-hybridized carbons (Fsp3) is 0.125. The van der Waals surface area contributed by atoms with Gasteiger partial charge in [0.2, 0.25) is 0 Å². The van der Waals surface area contributed by atoms with Crippen LogP contribution in [0.3, 0.4) is 0 Å². The van der Waals surface area contributed by atoms with Crippen LogP contribution in [0.2, 0.25) is 0 Å². The zero-order chi connectivity index (χ0) is 6.97. The van der Waals surface area contributed by atoms with Crippen LogP contribution < -0.4 is 10.6 Å². The van der Waals surface area contributed by atoms with Gasteiger partial charge in [-0.2, -0.15) is 0 Å². The summed E-state index contributed by atoms with van der Waals surface area (Å²) in [6.45, 7) is 2.30. The zero-order valence-corrected chi connectivity index (χ0v) is 6.89. The van der Waals surface area contributed by atoms with Crippen molar-refractivity contribution in [3.8, 4) is 0 Å². The number of nitrogens with one attached hydrogen (secondary N) is 1. The van der Waals surface area contributed by atoms with Gasteiger partial charge in [-0.15, -0.1) is 0 Å². The highest BCUT2D eigenvalue weighted by molar-refractivity contribution is 7.65. The molecule has 1 N–H and O–H groups in total. The molecule has 0 bridgehead atoms. The predicted octanol–water partition coefficient (Wildman–Crippen LogP) is 1.34. The summed E-state index contributed by atoms with van der Waals surface area (Å²) in [5.41, 5.74) is 1.30. The Kier molecular flexibility index (Phi) is 1.32. The Morgan fingerprint density at radius 3 is 2.90 bits per heavy atom. The number of hydrogen-bond donors (Lipinski definition) is 1. The first-order valence-electron chi connectivity index (χ1n) is 3.40. The number of fused-ring (bicyclic) bond motifs is 1. The van der Waals surface area contributed by atoms with E-state index in [9.17, 15) is 0 Å². The molecule has 0 saturated heterocycles. The van der Waals surface area contributed by atoms with Crippen LogP contribution in [0.15, 0.2) is 24.3 Å². The molecule has 0 aliphatic carbocycles. The van der Waals surface area contributed by atoms with E-state index >= 15 is 0 Å². The first kappa shape index (κ1) is 6.06. The average molecular weight is 151 g/mol. The smallest absolute Gasteiger partial charge is 0.0455 e. The molecular formula is C8H10NP. The molecule has 0 amide bonds. The van der Waals surface area contributed by atoms with Crippen LogP contribution in [0.1, 0.15) is 0 Å². The SMILES string of the molecule is C[PH]1=CNc2ccccc21. The van der Waals surface area contributed by atoms with E-state index in [2.05, 4.69) is 42.2 Å². The lowest BCUT2D eigenvalue weighted by Gasteiger charge is -1.97. The molecule has 1 aliphatic rings. The number of benzene rings is 1. The number of anilines is 1. The van der Waals surface area contributed by atoms with E-state index in [-0.39, 0.29) is 7.55 Å². The van der Waals surface area contributed by atoms with Crippen molar-refractivity contribution in [2.45, 2.75) is 0 Å². The van der Waals surface area contributed by atoms with Crippen molar-refractivity contribution in [2.75, 3.05) is 12.0 Å². The Labute approximate surface area is 61.5 Å². The Hall–Kier alpha value is -0.680. The van der Waals surface area contributed by atoms with Crippen LogP contribution in [0.5, 0.6) is 0 Å². The van der Waals surface area contributed by atoms with Crippen molar-refractivity contribution in [1.29, 1.82) is 0 Å². The van der Waals surface area contributed by atoms with Gasteiger partial charge in [0.1, 0.15) is 0 Å². The van der Waals surface area contributed by atoms with E-state index in [1.165, 1.54) is 11.0 Å². The fourth-order valence-electron chi connectivity index (χ4n) is 1.22. The van der Waals surface area contributed by atoms with Crippen molar-refractivity contribution >= 4 is 24.5 Å². The third-order valence-corrected chi connectivity index (χ3v) is 3.66. The number of para-hydroxylation sites is 1. The maximum atomic E-state index is 3.27. The fourth-order valence-corrected chi connectivity index (χ4v) is 2.68. The van der Waals surface area contributed by atoms with E-state index in [0.717, 1.165) is 0 Å². The van der Waals surface area contributed by atoms with Gasteiger partial charge in [-0.3, -0.25) is 0 Å². The van der Waals surface area contributed by atoms with Crippen molar-refractivity contribution in [1.82, 2.24) is 0 Å². The Balaban J connectivity index is 2.61. The molecule has 1 aromatic carbocycles. The zero-order valence-electron chi connectivity index (χ0n) is 5.89. The van der Waals surface area contributed by atoms with Gasteiger partial charge in [-0.25, -0.2) is 0 Å². The van der Waals surface area contributed by atoms with Gasteiger partial charge >= 0.3 is 0 Å². The maximum Gasteiger partial charge on any atom is 0.0455 e. The molecule has 52 valence electrons.